The zero-order valence-corrected chi connectivity index (χ0v) is 9.84. The highest BCUT2D eigenvalue weighted by Crippen LogP contribution is 2.37. The summed E-state index contributed by atoms with van der Waals surface area (Å²) in [6.45, 7) is 3.59. The van der Waals surface area contributed by atoms with Crippen LogP contribution in [0.25, 0.3) is 0 Å². The molecule has 1 saturated heterocycles. The molecule has 6 nitrogen and oxygen atoms in total. The summed E-state index contributed by atoms with van der Waals surface area (Å²) in [7, 11) is 0. The Kier molecular flexibility index (Phi) is 2.92. The molecule has 1 aromatic rings. The Morgan fingerprint density at radius 2 is 2.35 bits per heavy atom. The molecule has 94 valence electrons. The van der Waals surface area contributed by atoms with Crippen molar-refractivity contribution in [2.24, 2.45) is 0 Å². The SMILES string of the molecule is CCC1CC(C)(O)C(n2ccc(=O)[nH]c2=O)O1. The van der Waals surface area contributed by atoms with Gasteiger partial charge >= 0.3 is 5.69 Å². The second-order valence-corrected chi connectivity index (χ2v) is 4.60. The zero-order valence-electron chi connectivity index (χ0n) is 9.84. The lowest BCUT2D eigenvalue weighted by Gasteiger charge is -2.24. The number of ether oxygens (including phenoxy) is 1. The molecule has 1 aliphatic heterocycles. The molecule has 0 radical (unpaired) electrons. The highest BCUT2D eigenvalue weighted by atomic mass is 16.5. The van der Waals surface area contributed by atoms with Gasteiger partial charge in [-0.2, -0.15) is 0 Å². The molecule has 2 rings (SSSR count). The van der Waals surface area contributed by atoms with Crippen LogP contribution in [0.2, 0.25) is 0 Å². The van der Waals surface area contributed by atoms with E-state index in [1.165, 1.54) is 16.8 Å². The molecule has 3 atom stereocenters. The largest absolute Gasteiger partial charge is 0.385 e. The minimum Gasteiger partial charge on any atom is -0.385 e. The summed E-state index contributed by atoms with van der Waals surface area (Å²) in [5.41, 5.74) is -2.14. The Bertz CT molecular complexity index is 517. The number of aromatic amines is 1. The molecule has 1 fully saturated rings. The molecule has 2 N–H and O–H groups in total. The fourth-order valence-electron chi connectivity index (χ4n) is 2.16. The minimum atomic E-state index is -1.11. The van der Waals surface area contributed by atoms with E-state index < -0.39 is 23.1 Å². The first kappa shape index (κ1) is 12.1. The normalized spacial score (nSPS) is 32.9. The van der Waals surface area contributed by atoms with Crippen molar-refractivity contribution >= 4 is 0 Å². The molecule has 0 aromatic carbocycles. The van der Waals surface area contributed by atoms with Gasteiger partial charge in [0.15, 0.2) is 6.23 Å². The Morgan fingerprint density at radius 3 is 2.88 bits per heavy atom. The van der Waals surface area contributed by atoms with E-state index in [9.17, 15) is 14.7 Å². The predicted octanol–water partition coefficient (Wildman–Crippen LogP) is -0.0149. The van der Waals surface area contributed by atoms with E-state index in [1.54, 1.807) is 6.92 Å². The molecule has 0 saturated carbocycles. The summed E-state index contributed by atoms with van der Waals surface area (Å²) in [5, 5.41) is 10.2. The topological polar surface area (TPSA) is 84.3 Å². The molecule has 17 heavy (non-hydrogen) atoms. The van der Waals surface area contributed by atoms with Crippen LogP contribution < -0.4 is 11.2 Å². The lowest BCUT2D eigenvalue weighted by molar-refractivity contribution is -0.0839. The van der Waals surface area contributed by atoms with Gasteiger partial charge in [-0.05, 0) is 13.3 Å². The van der Waals surface area contributed by atoms with Crippen molar-refractivity contribution in [1.82, 2.24) is 9.55 Å². The van der Waals surface area contributed by atoms with E-state index >= 15 is 0 Å². The Morgan fingerprint density at radius 1 is 1.65 bits per heavy atom. The van der Waals surface area contributed by atoms with Crippen molar-refractivity contribution in [2.45, 2.75) is 44.6 Å². The first-order valence-electron chi connectivity index (χ1n) is 5.63. The lowest BCUT2D eigenvalue weighted by atomic mass is 9.99. The number of aromatic nitrogens is 2. The first-order chi connectivity index (χ1) is 7.94. The molecular weight excluding hydrogens is 224 g/mol. The van der Waals surface area contributed by atoms with Crippen LogP contribution in [0.4, 0.5) is 0 Å². The third-order valence-corrected chi connectivity index (χ3v) is 3.05. The fourth-order valence-corrected chi connectivity index (χ4v) is 2.16. The van der Waals surface area contributed by atoms with Gasteiger partial charge in [0.1, 0.15) is 5.60 Å². The number of nitrogens with zero attached hydrogens (tertiary/aromatic N) is 1. The average Bonchev–Trinajstić information content (AvgIpc) is 2.54. The molecular formula is C11H16N2O4. The standard InChI is InChI=1S/C11H16N2O4/c1-3-7-6-11(2,16)9(17-7)13-5-4-8(14)12-10(13)15/h4-5,7,9,16H,3,6H2,1-2H3,(H,12,14,15). The van der Waals surface area contributed by atoms with E-state index in [-0.39, 0.29) is 6.10 Å². The van der Waals surface area contributed by atoms with Crippen molar-refractivity contribution in [3.63, 3.8) is 0 Å². The number of rotatable bonds is 2. The van der Waals surface area contributed by atoms with E-state index in [0.717, 1.165) is 6.42 Å². The fraction of sp³-hybridized carbons (Fsp3) is 0.636. The first-order valence-corrected chi connectivity index (χ1v) is 5.63. The van der Waals surface area contributed by atoms with Crippen molar-refractivity contribution < 1.29 is 9.84 Å². The van der Waals surface area contributed by atoms with Gasteiger partial charge in [0.05, 0.1) is 6.10 Å². The van der Waals surface area contributed by atoms with Gasteiger partial charge in [0.25, 0.3) is 5.56 Å². The highest BCUT2D eigenvalue weighted by Gasteiger charge is 2.44. The van der Waals surface area contributed by atoms with E-state index in [0.29, 0.717) is 6.42 Å². The van der Waals surface area contributed by atoms with Gasteiger partial charge in [-0.1, -0.05) is 6.92 Å². The summed E-state index contributed by atoms with van der Waals surface area (Å²) in [6.07, 6.45) is 1.76. The van der Waals surface area contributed by atoms with Gasteiger partial charge in [-0.25, -0.2) is 4.79 Å². The third kappa shape index (κ3) is 2.18. The molecule has 0 aliphatic carbocycles. The smallest absolute Gasteiger partial charge is 0.330 e. The maximum atomic E-state index is 11.6. The quantitative estimate of drug-likeness (QED) is 0.761. The summed E-state index contributed by atoms with van der Waals surface area (Å²) in [5.74, 6) is 0. The molecule has 0 bridgehead atoms. The van der Waals surface area contributed by atoms with Crippen molar-refractivity contribution in [3.8, 4) is 0 Å². The van der Waals surface area contributed by atoms with Crippen molar-refractivity contribution in [1.29, 1.82) is 0 Å². The summed E-state index contributed by atoms with van der Waals surface area (Å²) in [4.78, 5) is 24.7. The molecule has 0 amide bonds. The molecule has 0 spiro atoms. The van der Waals surface area contributed by atoms with Gasteiger partial charge in [0.2, 0.25) is 0 Å². The number of nitrogens with one attached hydrogen (secondary N) is 1. The van der Waals surface area contributed by atoms with Gasteiger partial charge in [-0.3, -0.25) is 14.3 Å². The van der Waals surface area contributed by atoms with Crippen LogP contribution in [0, 0.1) is 0 Å². The zero-order chi connectivity index (χ0) is 12.6. The Balaban J connectivity index is 2.40. The van der Waals surface area contributed by atoms with Crippen molar-refractivity contribution in [2.75, 3.05) is 0 Å². The van der Waals surface area contributed by atoms with Crippen LogP contribution in [-0.4, -0.2) is 26.4 Å². The molecule has 2 heterocycles. The van der Waals surface area contributed by atoms with Crippen LogP contribution in [0.5, 0.6) is 0 Å². The summed E-state index contributed by atoms with van der Waals surface area (Å²) in [6, 6.07) is 1.24. The van der Waals surface area contributed by atoms with Gasteiger partial charge in [-0.15, -0.1) is 0 Å². The lowest BCUT2D eigenvalue weighted by Crippen LogP contribution is -2.40. The third-order valence-electron chi connectivity index (χ3n) is 3.05. The summed E-state index contributed by atoms with van der Waals surface area (Å²) >= 11 is 0. The molecule has 1 aromatic heterocycles. The van der Waals surface area contributed by atoms with Gasteiger partial charge < -0.3 is 9.84 Å². The monoisotopic (exact) mass is 240 g/mol. The Labute approximate surface area is 97.9 Å². The predicted molar refractivity (Wildman–Crippen MR) is 60.8 cm³/mol. The Hall–Kier alpha value is -1.40. The van der Waals surface area contributed by atoms with Crippen LogP contribution in [0.3, 0.4) is 0 Å². The van der Waals surface area contributed by atoms with E-state index in [2.05, 4.69) is 4.98 Å². The highest BCUT2D eigenvalue weighted by molar-refractivity contribution is 4.94. The molecule has 1 aliphatic rings. The van der Waals surface area contributed by atoms with Crippen LogP contribution in [0.1, 0.15) is 32.9 Å². The second-order valence-electron chi connectivity index (χ2n) is 4.60. The van der Waals surface area contributed by atoms with Crippen LogP contribution >= 0.6 is 0 Å². The number of aliphatic hydroxyl groups is 1. The van der Waals surface area contributed by atoms with Gasteiger partial charge in [0, 0.05) is 18.7 Å². The number of hydrogen-bond acceptors (Lipinski definition) is 4. The van der Waals surface area contributed by atoms with Crippen LogP contribution in [0.15, 0.2) is 21.9 Å². The molecule has 6 heteroatoms. The van der Waals surface area contributed by atoms with E-state index in [4.69, 9.17) is 4.74 Å². The maximum absolute atomic E-state index is 11.6. The average molecular weight is 240 g/mol. The second kappa shape index (κ2) is 4.12. The molecule has 3 unspecified atom stereocenters. The maximum Gasteiger partial charge on any atom is 0.330 e. The van der Waals surface area contributed by atoms with E-state index in [1.807, 2.05) is 6.92 Å². The van der Waals surface area contributed by atoms with Crippen LogP contribution in [-0.2, 0) is 4.74 Å². The number of hydrogen-bond donors (Lipinski definition) is 2. The van der Waals surface area contributed by atoms with Crippen molar-refractivity contribution in [3.05, 3.63) is 33.1 Å². The summed E-state index contributed by atoms with van der Waals surface area (Å²) < 4.78 is 6.84. The number of H-pyrrole nitrogens is 1. The minimum absolute atomic E-state index is 0.0752.